The number of hydrogen-bond acceptors (Lipinski definition) is 4. The molecule has 0 saturated heterocycles. The van der Waals surface area contributed by atoms with Crippen LogP contribution in [0.5, 0.6) is 0 Å². The molecule has 0 spiro atoms. The van der Waals surface area contributed by atoms with E-state index in [1.807, 2.05) is 36.4 Å². The van der Waals surface area contributed by atoms with Crippen molar-refractivity contribution in [2.24, 2.45) is 5.92 Å². The molecule has 1 amide bonds. The van der Waals surface area contributed by atoms with Crippen LogP contribution in [0.1, 0.15) is 49.4 Å². The van der Waals surface area contributed by atoms with Gasteiger partial charge in [-0.05, 0) is 56.2 Å². The predicted molar refractivity (Wildman–Crippen MR) is 110 cm³/mol. The highest BCUT2D eigenvalue weighted by molar-refractivity contribution is 7.22. The topological polar surface area (TPSA) is 50.3 Å². The number of hydrogen-bond donors (Lipinski definition) is 0. The Morgan fingerprint density at radius 2 is 1.70 bits per heavy atom. The molecule has 2 aromatic carbocycles. The summed E-state index contributed by atoms with van der Waals surface area (Å²) in [6.07, 6.45) is 5.29. The Morgan fingerprint density at radius 1 is 1.00 bits per heavy atom. The summed E-state index contributed by atoms with van der Waals surface area (Å²) in [5, 5.41) is 0.697. The van der Waals surface area contributed by atoms with Gasteiger partial charge < -0.3 is 0 Å². The monoisotopic (exact) mass is 378 g/mol. The third kappa shape index (κ3) is 3.65. The van der Waals surface area contributed by atoms with Gasteiger partial charge >= 0.3 is 0 Å². The van der Waals surface area contributed by atoms with Crippen LogP contribution >= 0.6 is 11.3 Å². The van der Waals surface area contributed by atoms with Crippen molar-refractivity contribution in [1.82, 2.24) is 4.98 Å². The van der Waals surface area contributed by atoms with Gasteiger partial charge in [-0.2, -0.15) is 0 Å². The molecule has 3 aromatic rings. The second-order valence-corrected chi connectivity index (χ2v) is 8.08. The number of nitrogens with zero attached hydrogens (tertiary/aromatic N) is 2. The number of fused-ring (bicyclic) bond motifs is 1. The summed E-state index contributed by atoms with van der Waals surface area (Å²) in [4.78, 5) is 31.5. The van der Waals surface area contributed by atoms with Crippen LogP contribution in [0.15, 0.2) is 48.5 Å². The maximum absolute atomic E-state index is 13.4. The zero-order chi connectivity index (χ0) is 18.8. The smallest absolute Gasteiger partial charge is 0.236 e. The molecule has 0 bridgehead atoms. The van der Waals surface area contributed by atoms with E-state index in [9.17, 15) is 9.59 Å². The Bertz CT molecular complexity index is 938. The number of rotatable bonds is 4. The van der Waals surface area contributed by atoms with Crippen molar-refractivity contribution < 1.29 is 9.59 Å². The van der Waals surface area contributed by atoms with Gasteiger partial charge in [-0.3, -0.25) is 14.5 Å². The Balaban J connectivity index is 1.76. The Morgan fingerprint density at radius 3 is 2.37 bits per heavy atom. The van der Waals surface area contributed by atoms with Gasteiger partial charge in [0.25, 0.3) is 0 Å². The largest absolute Gasteiger partial charge is 0.295 e. The van der Waals surface area contributed by atoms with Crippen LogP contribution in [-0.4, -0.2) is 16.7 Å². The minimum absolute atomic E-state index is 0.0201. The molecule has 1 saturated carbocycles. The summed E-state index contributed by atoms with van der Waals surface area (Å²) in [5.74, 6) is 0.175. The summed E-state index contributed by atoms with van der Waals surface area (Å²) in [7, 11) is 0. The fraction of sp³-hybridized carbons (Fsp3) is 0.318. The van der Waals surface area contributed by atoms with E-state index < -0.39 is 0 Å². The van der Waals surface area contributed by atoms with E-state index in [0.29, 0.717) is 10.7 Å². The van der Waals surface area contributed by atoms with Crippen molar-refractivity contribution in [3.63, 3.8) is 0 Å². The fourth-order valence-corrected chi connectivity index (χ4v) is 4.66. The molecule has 1 aliphatic carbocycles. The highest BCUT2D eigenvalue weighted by atomic mass is 32.1. The molecule has 138 valence electrons. The molecule has 0 radical (unpaired) electrons. The van der Waals surface area contributed by atoms with Gasteiger partial charge in [-0.15, -0.1) is 0 Å². The van der Waals surface area contributed by atoms with Crippen LogP contribution in [0.3, 0.4) is 0 Å². The number of ketones is 1. The average Bonchev–Trinajstić information content (AvgIpc) is 3.12. The van der Waals surface area contributed by atoms with Crippen molar-refractivity contribution in [1.29, 1.82) is 0 Å². The average molecular weight is 378 g/mol. The molecule has 5 heteroatoms. The lowest BCUT2D eigenvalue weighted by atomic mass is 9.88. The number of para-hydroxylation sites is 1. The second-order valence-electron chi connectivity index (χ2n) is 7.08. The number of anilines is 2. The number of thiazole rings is 1. The molecule has 4 nitrogen and oxygen atoms in total. The van der Waals surface area contributed by atoms with Gasteiger partial charge in [-0.1, -0.05) is 42.7 Å². The van der Waals surface area contributed by atoms with Crippen LogP contribution in [0.25, 0.3) is 10.2 Å². The summed E-state index contributed by atoms with van der Waals surface area (Å²) >= 11 is 1.53. The van der Waals surface area contributed by atoms with Crippen molar-refractivity contribution >= 4 is 44.1 Å². The minimum Gasteiger partial charge on any atom is -0.295 e. The van der Waals surface area contributed by atoms with Crippen molar-refractivity contribution in [2.45, 2.75) is 39.0 Å². The van der Waals surface area contributed by atoms with E-state index >= 15 is 0 Å². The minimum atomic E-state index is 0.0201. The molecule has 0 N–H and O–H groups in total. The molecule has 0 atom stereocenters. The van der Waals surface area contributed by atoms with E-state index in [0.717, 1.165) is 41.6 Å². The third-order valence-electron chi connectivity index (χ3n) is 5.18. The zero-order valence-corrected chi connectivity index (χ0v) is 16.2. The molecule has 0 aliphatic heterocycles. The van der Waals surface area contributed by atoms with Crippen molar-refractivity contribution in [3.8, 4) is 0 Å². The standard InChI is InChI=1S/C22H22N2O2S/c1-15(25)16-11-13-18(14-12-16)24(21(26)17-7-3-2-4-8-17)22-23-19-9-5-6-10-20(19)27-22/h5-6,9-14,17H,2-4,7-8H2,1H3. The Kier molecular flexibility index (Phi) is 5.03. The highest BCUT2D eigenvalue weighted by Crippen LogP contribution is 2.36. The first kappa shape index (κ1) is 17.9. The van der Waals surface area contributed by atoms with Crippen LogP contribution in [0.4, 0.5) is 10.8 Å². The molecule has 4 rings (SSSR count). The lowest BCUT2D eigenvalue weighted by Gasteiger charge is -2.27. The van der Waals surface area contributed by atoms with Crippen molar-refractivity contribution in [2.75, 3.05) is 4.90 Å². The van der Waals surface area contributed by atoms with Gasteiger partial charge in [0.05, 0.1) is 15.9 Å². The number of aromatic nitrogens is 1. The van der Waals surface area contributed by atoms with Gasteiger partial charge in [-0.25, -0.2) is 4.98 Å². The maximum atomic E-state index is 13.4. The summed E-state index contributed by atoms with van der Waals surface area (Å²) in [6.45, 7) is 1.55. The normalized spacial score (nSPS) is 15.0. The molecule has 0 unspecified atom stereocenters. The van der Waals surface area contributed by atoms with E-state index in [2.05, 4.69) is 0 Å². The fourth-order valence-electron chi connectivity index (χ4n) is 3.66. The molecule has 1 fully saturated rings. The van der Waals surface area contributed by atoms with Gasteiger partial charge in [0.2, 0.25) is 5.91 Å². The first-order chi connectivity index (χ1) is 13.1. The van der Waals surface area contributed by atoms with Gasteiger partial charge in [0.1, 0.15) is 0 Å². The van der Waals surface area contributed by atoms with E-state index in [1.54, 1.807) is 24.0 Å². The molecular weight excluding hydrogens is 356 g/mol. The Hall–Kier alpha value is -2.53. The number of amides is 1. The van der Waals surface area contributed by atoms with Gasteiger partial charge in [0, 0.05) is 11.5 Å². The van der Waals surface area contributed by atoms with Crippen molar-refractivity contribution in [3.05, 3.63) is 54.1 Å². The van der Waals surface area contributed by atoms with Crippen LogP contribution in [0, 0.1) is 5.92 Å². The second kappa shape index (κ2) is 7.61. The van der Waals surface area contributed by atoms with Crippen LogP contribution in [-0.2, 0) is 4.79 Å². The van der Waals surface area contributed by atoms with Crippen LogP contribution < -0.4 is 4.90 Å². The van der Waals surface area contributed by atoms with Gasteiger partial charge in [0.15, 0.2) is 10.9 Å². The third-order valence-corrected chi connectivity index (χ3v) is 6.20. The molecule has 1 aliphatic rings. The summed E-state index contributed by atoms with van der Waals surface area (Å²) in [6, 6.07) is 15.2. The van der Waals surface area contributed by atoms with E-state index in [1.165, 1.54) is 17.8 Å². The van der Waals surface area contributed by atoms with E-state index in [-0.39, 0.29) is 17.6 Å². The first-order valence-corrected chi connectivity index (χ1v) is 10.3. The number of Topliss-reactive ketones (excluding diaryl/α,β-unsaturated/α-hetero) is 1. The lowest BCUT2D eigenvalue weighted by Crippen LogP contribution is -2.33. The Labute approximate surface area is 162 Å². The maximum Gasteiger partial charge on any atom is 0.236 e. The zero-order valence-electron chi connectivity index (χ0n) is 15.4. The highest BCUT2D eigenvalue weighted by Gasteiger charge is 2.30. The molecular formula is C22H22N2O2S. The SMILES string of the molecule is CC(=O)c1ccc(N(C(=O)C2CCCCC2)c2nc3ccccc3s2)cc1. The number of benzene rings is 2. The first-order valence-electron chi connectivity index (χ1n) is 9.44. The predicted octanol–water partition coefficient (Wildman–Crippen LogP) is 5.74. The van der Waals surface area contributed by atoms with E-state index in [4.69, 9.17) is 4.98 Å². The quantitative estimate of drug-likeness (QED) is 0.544. The number of carbonyl (C=O) groups excluding carboxylic acids is 2. The molecule has 27 heavy (non-hydrogen) atoms. The lowest BCUT2D eigenvalue weighted by molar-refractivity contribution is -0.122. The summed E-state index contributed by atoms with van der Waals surface area (Å²) < 4.78 is 1.06. The molecule has 1 heterocycles. The summed E-state index contributed by atoms with van der Waals surface area (Å²) in [5.41, 5.74) is 2.32. The van der Waals surface area contributed by atoms with Crippen LogP contribution in [0.2, 0.25) is 0 Å². The number of carbonyl (C=O) groups is 2. The molecule has 1 aromatic heterocycles.